The fourth-order valence-electron chi connectivity index (χ4n) is 8.19. The van der Waals surface area contributed by atoms with Crippen LogP contribution in [-0.4, -0.2) is 67.4 Å². The lowest BCUT2D eigenvalue weighted by Crippen LogP contribution is -2.69. The molecule has 0 bridgehead atoms. The number of nitrogens with zero attached hydrogens (tertiary/aromatic N) is 2. The molecule has 2 aromatic rings. The number of carbonyl (C=O) groups excluding carboxylic acids is 2. The number of anilines is 1. The molecule has 194 valence electrons. The number of aliphatic hydroxyl groups is 1. The maximum atomic E-state index is 14.0. The van der Waals surface area contributed by atoms with E-state index in [1.165, 1.54) is 7.11 Å². The van der Waals surface area contributed by atoms with Gasteiger partial charge in [0.1, 0.15) is 5.75 Å². The third-order valence-corrected chi connectivity index (χ3v) is 9.47. The largest absolute Gasteiger partial charge is 0.495 e. The predicted octanol–water partition coefficient (Wildman–Crippen LogP) is 3.54. The number of fused-ring (bicyclic) bond motifs is 1. The highest BCUT2D eigenvalue weighted by Crippen LogP contribution is 2.66. The SMILES string of the molecule is COC(=O)[C@H](O)[C@]12CCCN3CC[C@]4(c5cccc(OC)c5N(C(=O)C=Cc5ccccc5)[C@@H]4CC1)[C@H]32. The van der Waals surface area contributed by atoms with Crippen LogP contribution in [-0.2, 0) is 19.7 Å². The average Bonchev–Trinajstić information content (AvgIpc) is 3.48. The van der Waals surface area contributed by atoms with E-state index in [4.69, 9.17) is 9.47 Å². The van der Waals surface area contributed by atoms with Crippen LogP contribution < -0.4 is 9.64 Å². The maximum Gasteiger partial charge on any atom is 0.335 e. The van der Waals surface area contributed by atoms with Crippen molar-refractivity contribution >= 4 is 23.6 Å². The number of benzene rings is 2. The molecule has 0 aromatic heterocycles. The molecule has 7 heteroatoms. The Balaban J connectivity index is 1.49. The van der Waals surface area contributed by atoms with E-state index in [0.29, 0.717) is 18.6 Å². The molecule has 3 fully saturated rings. The van der Waals surface area contributed by atoms with Crippen LogP contribution in [0.4, 0.5) is 5.69 Å². The third-order valence-electron chi connectivity index (χ3n) is 9.47. The summed E-state index contributed by atoms with van der Waals surface area (Å²) in [6.07, 6.45) is 6.23. The Morgan fingerprint density at radius 1 is 1.05 bits per heavy atom. The number of methoxy groups -OCH3 is 2. The van der Waals surface area contributed by atoms with Gasteiger partial charge in [0.15, 0.2) is 6.10 Å². The zero-order valence-electron chi connectivity index (χ0n) is 21.4. The van der Waals surface area contributed by atoms with Gasteiger partial charge < -0.3 is 19.5 Å². The van der Waals surface area contributed by atoms with Crippen molar-refractivity contribution in [3.8, 4) is 5.75 Å². The molecule has 5 atom stereocenters. The molecule has 1 spiro atoms. The molecule has 3 heterocycles. The predicted molar refractivity (Wildman–Crippen MR) is 140 cm³/mol. The molecular formula is C30H34N2O5. The lowest BCUT2D eigenvalue weighted by Gasteiger charge is -2.59. The standard InChI is InChI=1S/C30H34N2O5/c1-36-22-11-6-10-21-25(22)32(24(33)13-12-20-8-4-3-5-9-20)23-14-16-29(26(34)27(35)37-2)15-7-18-31-19-17-30(21,23)28(29)31/h3-6,8-13,23,26,28,34H,7,14-19H2,1-2H3/t23-,26+,28-,29+,30-/m1/s1. The maximum absolute atomic E-state index is 14.0. The van der Waals surface area contributed by atoms with Crippen LogP contribution >= 0.6 is 0 Å². The van der Waals surface area contributed by atoms with Crippen LogP contribution in [0.15, 0.2) is 54.6 Å². The summed E-state index contributed by atoms with van der Waals surface area (Å²) in [6.45, 7) is 1.80. The Kier molecular flexibility index (Phi) is 5.88. The van der Waals surface area contributed by atoms with Crippen molar-refractivity contribution in [2.45, 2.75) is 55.7 Å². The number of aliphatic hydroxyl groups excluding tert-OH is 1. The summed E-state index contributed by atoms with van der Waals surface area (Å²) in [5.41, 5.74) is 1.88. The number of carbonyl (C=O) groups is 2. The van der Waals surface area contributed by atoms with E-state index >= 15 is 0 Å². The van der Waals surface area contributed by atoms with Gasteiger partial charge in [0.2, 0.25) is 0 Å². The first-order valence-electron chi connectivity index (χ1n) is 13.2. The van der Waals surface area contributed by atoms with Gasteiger partial charge in [-0.3, -0.25) is 9.69 Å². The van der Waals surface area contributed by atoms with Crippen LogP contribution in [0.3, 0.4) is 0 Å². The summed E-state index contributed by atoms with van der Waals surface area (Å²) in [7, 11) is 2.98. The lowest BCUT2D eigenvalue weighted by atomic mass is 9.51. The number of piperidine rings is 1. The van der Waals surface area contributed by atoms with Crippen molar-refractivity contribution < 1.29 is 24.2 Å². The van der Waals surface area contributed by atoms with Gasteiger partial charge in [-0.05, 0) is 68.5 Å². The van der Waals surface area contributed by atoms with Crippen LogP contribution in [0.1, 0.15) is 43.2 Å². The highest BCUT2D eigenvalue weighted by molar-refractivity contribution is 6.07. The van der Waals surface area contributed by atoms with Crippen molar-refractivity contribution in [1.29, 1.82) is 0 Å². The van der Waals surface area contributed by atoms with Gasteiger partial charge >= 0.3 is 5.97 Å². The molecule has 1 saturated carbocycles. The molecule has 2 saturated heterocycles. The van der Waals surface area contributed by atoms with Crippen LogP contribution in [0.25, 0.3) is 6.08 Å². The second kappa shape index (κ2) is 8.99. The number of esters is 1. The van der Waals surface area contributed by atoms with Crippen molar-refractivity contribution in [1.82, 2.24) is 4.90 Å². The number of amides is 1. The van der Waals surface area contributed by atoms with E-state index in [2.05, 4.69) is 11.0 Å². The zero-order chi connectivity index (χ0) is 25.8. The Morgan fingerprint density at radius 2 is 1.86 bits per heavy atom. The first kappa shape index (κ1) is 24.2. The molecule has 37 heavy (non-hydrogen) atoms. The number of para-hydroxylation sites is 1. The molecular weight excluding hydrogens is 468 g/mol. The Bertz CT molecular complexity index is 1250. The summed E-state index contributed by atoms with van der Waals surface area (Å²) in [4.78, 5) is 31.1. The smallest absolute Gasteiger partial charge is 0.335 e. The Morgan fingerprint density at radius 3 is 2.62 bits per heavy atom. The van der Waals surface area contributed by atoms with E-state index < -0.39 is 22.9 Å². The van der Waals surface area contributed by atoms with Crippen LogP contribution in [0, 0.1) is 5.41 Å². The second-order valence-corrected chi connectivity index (χ2v) is 10.9. The van der Waals surface area contributed by atoms with Crippen molar-refractivity contribution in [3.05, 3.63) is 65.7 Å². The highest BCUT2D eigenvalue weighted by atomic mass is 16.5. The molecule has 3 aliphatic heterocycles. The molecule has 4 aliphatic rings. The lowest BCUT2D eigenvalue weighted by molar-refractivity contribution is -0.172. The summed E-state index contributed by atoms with van der Waals surface area (Å²) in [5.74, 6) is 0.0350. The third kappa shape index (κ3) is 3.33. The topological polar surface area (TPSA) is 79.3 Å². The molecule has 6 rings (SSSR count). The minimum atomic E-state index is -1.20. The summed E-state index contributed by atoms with van der Waals surface area (Å²) >= 11 is 0. The molecule has 7 nitrogen and oxygen atoms in total. The number of hydrogen-bond acceptors (Lipinski definition) is 6. The summed E-state index contributed by atoms with van der Waals surface area (Å²) < 4.78 is 10.9. The molecule has 0 radical (unpaired) electrons. The van der Waals surface area contributed by atoms with Gasteiger partial charge in [0.25, 0.3) is 5.91 Å². The zero-order valence-corrected chi connectivity index (χ0v) is 21.4. The minimum absolute atomic E-state index is 0.0663. The van der Waals surface area contributed by atoms with Gasteiger partial charge in [0, 0.05) is 29.0 Å². The first-order chi connectivity index (χ1) is 18.0. The van der Waals surface area contributed by atoms with E-state index in [9.17, 15) is 14.7 Å². The van der Waals surface area contributed by atoms with E-state index in [-0.39, 0.29) is 18.0 Å². The minimum Gasteiger partial charge on any atom is -0.495 e. The van der Waals surface area contributed by atoms with Crippen LogP contribution in [0.2, 0.25) is 0 Å². The van der Waals surface area contributed by atoms with Gasteiger partial charge in [-0.15, -0.1) is 0 Å². The Hall–Kier alpha value is -3.16. The van der Waals surface area contributed by atoms with Crippen molar-refractivity contribution in [2.75, 3.05) is 32.2 Å². The number of hydrogen-bond donors (Lipinski definition) is 1. The molecule has 1 amide bonds. The summed E-state index contributed by atoms with van der Waals surface area (Å²) in [5, 5.41) is 11.4. The molecule has 1 aliphatic carbocycles. The van der Waals surface area contributed by atoms with Crippen LogP contribution in [0.5, 0.6) is 5.75 Å². The normalized spacial score (nSPS) is 30.9. The highest BCUT2D eigenvalue weighted by Gasteiger charge is 2.71. The first-order valence-corrected chi connectivity index (χ1v) is 13.2. The van der Waals surface area contributed by atoms with Gasteiger partial charge in [-0.2, -0.15) is 0 Å². The van der Waals surface area contributed by atoms with Crippen molar-refractivity contribution in [3.63, 3.8) is 0 Å². The second-order valence-electron chi connectivity index (χ2n) is 10.9. The number of ether oxygens (including phenoxy) is 2. The van der Waals surface area contributed by atoms with Gasteiger partial charge in [-0.1, -0.05) is 42.5 Å². The van der Waals surface area contributed by atoms with E-state index in [1.54, 1.807) is 13.2 Å². The van der Waals surface area contributed by atoms with Gasteiger partial charge in [0.05, 0.1) is 19.9 Å². The average molecular weight is 503 g/mol. The van der Waals surface area contributed by atoms with E-state index in [1.807, 2.05) is 53.4 Å². The van der Waals surface area contributed by atoms with E-state index in [0.717, 1.165) is 49.2 Å². The summed E-state index contributed by atoms with van der Waals surface area (Å²) in [6, 6.07) is 15.7. The van der Waals surface area contributed by atoms with Crippen molar-refractivity contribution in [2.24, 2.45) is 5.41 Å². The monoisotopic (exact) mass is 502 g/mol. The molecule has 0 unspecified atom stereocenters. The fraction of sp³-hybridized carbons (Fsp3) is 0.467. The van der Waals surface area contributed by atoms with Gasteiger partial charge in [-0.25, -0.2) is 4.79 Å². The molecule has 2 aromatic carbocycles. The fourth-order valence-corrected chi connectivity index (χ4v) is 8.19. The molecule has 1 N–H and O–H groups in total. The quantitative estimate of drug-likeness (QED) is 0.498. The number of rotatable bonds is 5. The Labute approximate surface area is 217 Å².